The molecule has 1 atom stereocenters. The average Bonchev–Trinajstić information content (AvgIpc) is 2.85. The van der Waals surface area contributed by atoms with E-state index >= 15 is 0 Å². The normalized spacial score (nSPS) is 12.7. The molecular weight excluding hydrogens is 304 g/mol. The van der Waals surface area contributed by atoms with E-state index < -0.39 is 0 Å². The second-order valence-corrected chi connectivity index (χ2v) is 7.53. The van der Waals surface area contributed by atoms with Crippen molar-refractivity contribution in [1.29, 1.82) is 0 Å². The lowest BCUT2D eigenvalue weighted by molar-refractivity contribution is -0.132. The van der Waals surface area contributed by atoms with Crippen molar-refractivity contribution in [1.82, 2.24) is 4.90 Å². The standard InChI is InChI=1S/C16H27ClN2OS/c1-4-19(11-14-6-7-15(17)21-14)16(20)8-5-13(9-10-18)12(2)3/h6-7,12-13H,4-5,8-11,18H2,1-3H3. The second kappa shape index (κ2) is 9.44. The number of rotatable bonds is 9. The van der Waals surface area contributed by atoms with E-state index in [0.717, 1.165) is 28.6 Å². The zero-order valence-electron chi connectivity index (χ0n) is 13.3. The predicted octanol–water partition coefficient (Wildman–Crippen LogP) is 4.15. The summed E-state index contributed by atoms with van der Waals surface area (Å²) in [6.07, 6.45) is 2.53. The number of hydrogen-bond donors (Lipinski definition) is 1. The molecule has 1 heterocycles. The Morgan fingerprint density at radius 2 is 2.10 bits per heavy atom. The molecule has 5 heteroatoms. The summed E-state index contributed by atoms with van der Waals surface area (Å²) in [5, 5.41) is 0. The molecule has 0 fully saturated rings. The van der Waals surface area contributed by atoms with E-state index in [9.17, 15) is 4.79 Å². The molecule has 0 aromatic carbocycles. The summed E-state index contributed by atoms with van der Waals surface area (Å²) in [7, 11) is 0. The van der Waals surface area contributed by atoms with Crippen molar-refractivity contribution in [2.24, 2.45) is 17.6 Å². The molecule has 0 bridgehead atoms. The predicted molar refractivity (Wildman–Crippen MR) is 91.7 cm³/mol. The number of carbonyl (C=O) groups is 1. The lowest BCUT2D eigenvalue weighted by Gasteiger charge is -2.23. The Kier molecular flexibility index (Phi) is 8.30. The van der Waals surface area contributed by atoms with E-state index in [2.05, 4.69) is 13.8 Å². The molecule has 1 unspecified atom stereocenters. The van der Waals surface area contributed by atoms with Gasteiger partial charge in [-0.3, -0.25) is 4.79 Å². The number of hydrogen-bond acceptors (Lipinski definition) is 3. The van der Waals surface area contributed by atoms with E-state index in [1.165, 1.54) is 0 Å². The Morgan fingerprint density at radius 1 is 1.38 bits per heavy atom. The first-order valence-corrected chi connectivity index (χ1v) is 8.89. The minimum atomic E-state index is 0.227. The zero-order valence-corrected chi connectivity index (χ0v) is 14.8. The first-order chi connectivity index (χ1) is 9.97. The summed E-state index contributed by atoms with van der Waals surface area (Å²) in [5.41, 5.74) is 5.66. The molecule has 0 saturated heterocycles. The van der Waals surface area contributed by atoms with Crippen LogP contribution in [0.15, 0.2) is 12.1 Å². The van der Waals surface area contributed by atoms with Gasteiger partial charge in [-0.1, -0.05) is 25.4 Å². The van der Waals surface area contributed by atoms with Gasteiger partial charge in [0.15, 0.2) is 0 Å². The van der Waals surface area contributed by atoms with Crippen LogP contribution in [0.5, 0.6) is 0 Å². The molecule has 2 N–H and O–H groups in total. The number of nitrogens with two attached hydrogens (primary N) is 1. The van der Waals surface area contributed by atoms with Gasteiger partial charge in [-0.2, -0.15) is 0 Å². The fraction of sp³-hybridized carbons (Fsp3) is 0.688. The van der Waals surface area contributed by atoms with Crippen LogP contribution in [0.2, 0.25) is 4.34 Å². The van der Waals surface area contributed by atoms with Gasteiger partial charge in [0.2, 0.25) is 5.91 Å². The van der Waals surface area contributed by atoms with Crippen LogP contribution in [-0.2, 0) is 11.3 Å². The largest absolute Gasteiger partial charge is 0.338 e. The van der Waals surface area contributed by atoms with Gasteiger partial charge in [-0.05, 0) is 50.3 Å². The van der Waals surface area contributed by atoms with Gasteiger partial charge in [0.1, 0.15) is 0 Å². The summed E-state index contributed by atoms with van der Waals surface area (Å²) in [4.78, 5) is 15.4. The minimum Gasteiger partial charge on any atom is -0.338 e. The monoisotopic (exact) mass is 330 g/mol. The first kappa shape index (κ1) is 18.5. The Labute approximate surface area is 137 Å². The van der Waals surface area contributed by atoms with Crippen LogP contribution in [0.1, 0.15) is 44.9 Å². The molecule has 1 aromatic rings. The van der Waals surface area contributed by atoms with Gasteiger partial charge in [0.05, 0.1) is 10.9 Å². The third kappa shape index (κ3) is 6.37. The van der Waals surface area contributed by atoms with Crippen molar-refractivity contribution in [2.45, 2.75) is 46.6 Å². The molecule has 0 radical (unpaired) electrons. The van der Waals surface area contributed by atoms with Gasteiger partial charge >= 0.3 is 0 Å². The van der Waals surface area contributed by atoms with E-state index in [-0.39, 0.29) is 5.91 Å². The smallest absolute Gasteiger partial charge is 0.222 e. The average molecular weight is 331 g/mol. The van der Waals surface area contributed by atoms with Crippen molar-refractivity contribution in [3.8, 4) is 0 Å². The molecule has 0 saturated carbocycles. The van der Waals surface area contributed by atoms with Gasteiger partial charge in [-0.15, -0.1) is 11.3 Å². The topological polar surface area (TPSA) is 46.3 Å². The van der Waals surface area contributed by atoms with Crippen molar-refractivity contribution in [2.75, 3.05) is 13.1 Å². The highest BCUT2D eigenvalue weighted by molar-refractivity contribution is 7.16. The van der Waals surface area contributed by atoms with Gasteiger partial charge < -0.3 is 10.6 Å². The van der Waals surface area contributed by atoms with E-state index in [1.807, 2.05) is 24.0 Å². The molecule has 3 nitrogen and oxygen atoms in total. The molecule has 1 rings (SSSR count). The number of nitrogens with zero attached hydrogens (tertiary/aromatic N) is 1. The Hall–Kier alpha value is -0.580. The highest BCUT2D eigenvalue weighted by Crippen LogP contribution is 2.24. The maximum Gasteiger partial charge on any atom is 0.222 e. The first-order valence-electron chi connectivity index (χ1n) is 7.70. The SMILES string of the molecule is CCN(Cc1ccc(Cl)s1)C(=O)CCC(CCN)C(C)C. The van der Waals surface area contributed by atoms with Gasteiger partial charge in [0.25, 0.3) is 0 Å². The second-order valence-electron chi connectivity index (χ2n) is 5.73. The fourth-order valence-corrected chi connectivity index (χ4v) is 3.60. The Bertz CT molecular complexity index is 434. The summed E-state index contributed by atoms with van der Waals surface area (Å²) < 4.78 is 0.774. The zero-order chi connectivity index (χ0) is 15.8. The highest BCUT2D eigenvalue weighted by Gasteiger charge is 2.18. The van der Waals surface area contributed by atoms with Gasteiger partial charge in [-0.25, -0.2) is 0 Å². The summed E-state index contributed by atoms with van der Waals surface area (Å²) >= 11 is 7.48. The quantitative estimate of drug-likeness (QED) is 0.739. The lowest BCUT2D eigenvalue weighted by atomic mass is 9.88. The fourth-order valence-electron chi connectivity index (χ4n) is 2.49. The molecule has 1 aromatic heterocycles. The molecule has 1 amide bonds. The maximum atomic E-state index is 12.4. The van der Waals surface area contributed by atoms with E-state index in [4.69, 9.17) is 17.3 Å². The van der Waals surface area contributed by atoms with Crippen LogP contribution in [0.4, 0.5) is 0 Å². The Balaban J connectivity index is 2.50. The van der Waals surface area contributed by atoms with E-state index in [1.54, 1.807) is 11.3 Å². The van der Waals surface area contributed by atoms with Crippen LogP contribution in [0.3, 0.4) is 0 Å². The summed E-state index contributed by atoms with van der Waals surface area (Å²) in [5.74, 6) is 1.34. The van der Waals surface area contributed by atoms with Crippen LogP contribution < -0.4 is 5.73 Å². The number of thiophene rings is 1. The van der Waals surface area contributed by atoms with Crippen molar-refractivity contribution >= 4 is 28.8 Å². The van der Waals surface area contributed by atoms with Crippen LogP contribution in [0.25, 0.3) is 0 Å². The number of halogens is 1. The number of amides is 1. The molecule has 120 valence electrons. The third-order valence-electron chi connectivity index (χ3n) is 3.92. The van der Waals surface area contributed by atoms with Crippen molar-refractivity contribution < 1.29 is 4.79 Å². The molecule has 0 spiro atoms. The van der Waals surface area contributed by atoms with Crippen LogP contribution >= 0.6 is 22.9 Å². The highest BCUT2D eigenvalue weighted by atomic mass is 35.5. The maximum absolute atomic E-state index is 12.4. The van der Waals surface area contributed by atoms with Gasteiger partial charge in [0, 0.05) is 17.8 Å². The lowest BCUT2D eigenvalue weighted by Crippen LogP contribution is -2.30. The Morgan fingerprint density at radius 3 is 2.57 bits per heavy atom. The molecule has 0 aliphatic rings. The summed E-state index contributed by atoms with van der Waals surface area (Å²) in [6.45, 7) is 8.52. The van der Waals surface area contributed by atoms with Crippen LogP contribution in [0, 0.1) is 11.8 Å². The van der Waals surface area contributed by atoms with E-state index in [0.29, 0.717) is 31.3 Å². The number of carbonyl (C=O) groups excluding carboxylic acids is 1. The third-order valence-corrected chi connectivity index (χ3v) is 5.14. The van der Waals surface area contributed by atoms with Crippen molar-refractivity contribution in [3.05, 3.63) is 21.3 Å². The molecule has 0 aliphatic heterocycles. The molecular formula is C16H27ClN2OS. The van der Waals surface area contributed by atoms with Crippen LogP contribution in [-0.4, -0.2) is 23.9 Å². The van der Waals surface area contributed by atoms with Crippen molar-refractivity contribution in [3.63, 3.8) is 0 Å². The molecule has 21 heavy (non-hydrogen) atoms. The minimum absolute atomic E-state index is 0.227. The molecule has 0 aliphatic carbocycles. The summed E-state index contributed by atoms with van der Waals surface area (Å²) in [6, 6.07) is 3.88.